The molecule has 2 aliphatic rings. The lowest BCUT2D eigenvalue weighted by Gasteiger charge is -2.34. The number of aliphatic hydroxyl groups excluding tert-OH is 1. The Balaban J connectivity index is 1.25. The molecule has 12 nitrogen and oxygen atoms in total. The van der Waals surface area contributed by atoms with Gasteiger partial charge in [0.1, 0.15) is 24.5 Å². The molecule has 1 saturated heterocycles. The summed E-state index contributed by atoms with van der Waals surface area (Å²) >= 11 is 0. The van der Waals surface area contributed by atoms with Gasteiger partial charge in [-0.2, -0.15) is 0 Å². The minimum atomic E-state index is -0.515. The first-order valence-electron chi connectivity index (χ1n) is 14.0. The largest absolute Gasteiger partial charge is 0.493 e. The summed E-state index contributed by atoms with van der Waals surface area (Å²) in [6.07, 6.45) is 4.10. The molecule has 13 heteroatoms. The number of benzene rings is 2. The number of hydrogen-bond acceptors (Lipinski definition) is 11. The van der Waals surface area contributed by atoms with Crippen molar-refractivity contribution in [2.45, 2.75) is 6.42 Å². The number of carbonyl (C=O) groups is 1. The molecule has 0 atom stereocenters. The summed E-state index contributed by atoms with van der Waals surface area (Å²) in [7, 11) is 1.59. The number of piperazine rings is 1. The van der Waals surface area contributed by atoms with E-state index in [1.807, 2.05) is 12.1 Å². The smallest absolute Gasteiger partial charge is 0.239 e. The average molecular weight is 581 g/mol. The minimum Gasteiger partial charge on any atom is -0.493 e. The molecular formula is C29H37FN8O4. The van der Waals surface area contributed by atoms with Crippen LogP contribution in [0.25, 0.3) is 10.9 Å². The van der Waals surface area contributed by atoms with Gasteiger partial charge in [0.2, 0.25) is 5.91 Å². The van der Waals surface area contributed by atoms with E-state index in [9.17, 15) is 9.18 Å². The number of anilines is 2. The topological polar surface area (TPSA) is 133 Å². The SMILES string of the molecule is COc1cc2c(NC3=CN(CC(N)=O)N(c4cccc(F)c4)C3)ncnc2cc1OCCCN1CCN(CCO)CC1. The Labute approximate surface area is 244 Å². The summed E-state index contributed by atoms with van der Waals surface area (Å²) in [5.74, 6) is 0.829. The van der Waals surface area contributed by atoms with Crippen molar-refractivity contribution >= 4 is 28.3 Å². The van der Waals surface area contributed by atoms with Crippen LogP contribution in [0.4, 0.5) is 15.9 Å². The number of rotatable bonds is 13. The molecule has 0 radical (unpaired) electrons. The fourth-order valence-corrected chi connectivity index (χ4v) is 5.22. The molecule has 0 bridgehead atoms. The molecule has 0 saturated carbocycles. The second kappa shape index (κ2) is 13.6. The third-order valence-corrected chi connectivity index (χ3v) is 7.32. The molecule has 1 amide bonds. The number of nitrogens with one attached hydrogen (secondary N) is 1. The van der Waals surface area contributed by atoms with Crippen molar-refractivity contribution in [3.05, 3.63) is 60.4 Å². The fraction of sp³-hybridized carbons (Fsp3) is 0.414. The van der Waals surface area contributed by atoms with Crippen molar-refractivity contribution in [3.8, 4) is 11.5 Å². The standard InChI is InChI=1S/C29H37FN8O4/c1-41-26-15-24-25(16-27(26)42-13-3-6-35-7-9-36(10-8-35)11-12-39)32-20-33-29(24)34-22-17-37(19-28(31)40)38(18-22)23-5-2-4-21(30)14-23/h2,4-5,14-17,20,39H,3,6-13,18-19H2,1H3,(H2,31,40)(H,32,33,34). The predicted octanol–water partition coefficient (Wildman–Crippen LogP) is 1.63. The zero-order chi connectivity index (χ0) is 29.5. The highest BCUT2D eigenvalue weighted by Crippen LogP contribution is 2.35. The number of nitrogens with two attached hydrogens (primary N) is 1. The van der Waals surface area contributed by atoms with E-state index in [2.05, 4.69) is 25.1 Å². The van der Waals surface area contributed by atoms with Crippen LogP contribution in [-0.4, -0.2) is 108 Å². The van der Waals surface area contributed by atoms with Crippen molar-refractivity contribution in [1.29, 1.82) is 0 Å². The highest BCUT2D eigenvalue weighted by Gasteiger charge is 2.25. The van der Waals surface area contributed by atoms with E-state index in [1.165, 1.54) is 18.5 Å². The molecule has 1 aromatic heterocycles. The maximum absolute atomic E-state index is 13.9. The zero-order valence-electron chi connectivity index (χ0n) is 23.7. The molecule has 5 rings (SSSR count). The van der Waals surface area contributed by atoms with Gasteiger partial charge < -0.3 is 30.5 Å². The van der Waals surface area contributed by atoms with Gasteiger partial charge >= 0.3 is 0 Å². The van der Waals surface area contributed by atoms with Crippen molar-refractivity contribution < 1.29 is 23.8 Å². The number of aromatic nitrogens is 2. The van der Waals surface area contributed by atoms with Crippen LogP contribution >= 0.6 is 0 Å². The number of β-amino-alcohol motifs (C(OH)–C–C–N with tert-alkyl or cyclic N) is 1. The number of aliphatic hydroxyl groups is 1. The Morgan fingerprint density at radius 2 is 1.88 bits per heavy atom. The molecule has 0 aliphatic carbocycles. The number of ether oxygens (including phenoxy) is 2. The molecule has 2 aromatic carbocycles. The number of amides is 1. The maximum Gasteiger partial charge on any atom is 0.239 e. The summed E-state index contributed by atoms with van der Waals surface area (Å²) in [6.45, 7) is 6.60. The van der Waals surface area contributed by atoms with Gasteiger partial charge in [-0.3, -0.25) is 19.7 Å². The molecule has 0 spiro atoms. The van der Waals surface area contributed by atoms with Crippen LogP contribution < -0.4 is 25.5 Å². The van der Waals surface area contributed by atoms with Crippen LogP contribution in [0.15, 0.2) is 54.6 Å². The van der Waals surface area contributed by atoms with Crippen LogP contribution in [0, 0.1) is 5.82 Å². The van der Waals surface area contributed by atoms with Gasteiger partial charge in [-0.1, -0.05) is 6.07 Å². The van der Waals surface area contributed by atoms with E-state index in [-0.39, 0.29) is 19.0 Å². The summed E-state index contributed by atoms with van der Waals surface area (Å²) in [6, 6.07) is 9.83. The van der Waals surface area contributed by atoms with Gasteiger partial charge in [-0.25, -0.2) is 14.4 Å². The quantitative estimate of drug-likeness (QED) is 0.255. The van der Waals surface area contributed by atoms with E-state index in [4.69, 9.17) is 20.3 Å². The highest BCUT2D eigenvalue weighted by molar-refractivity contribution is 5.92. The number of hydrogen-bond donors (Lipinski definition) is 3. The lowest BCUT2D eigenvalue weighted by molar-refractivity contribution is -0.118. The Kier molecular flexibility index (Phi) is 9.52. The van der Waals surface area contributed by atoms with E-state index in [0.717, 1.165) is 56.8 Å². The molecule has 2 aliphatic heterocycles. The average Bonchev–Trinajstić information content (AvgIpc) is 3.37. The van der Waals surface area contributed by atoms with Crippen LogP contribution in [0.3, 0.4) is 0 Å². The normalized spacial score (nSPS) is 16.1. The van der Waals surface area contributed by atoms with Gasteiger partial charge in [0, 0.05) is 56.9 Å². The van der Waals surface area contributed by atoms with Crippen molar-refractivity contribution in [2.24, 2.45) is 5.73 Å². The van der Waals surface area contributed by atoms with Crippen molar-refractivity contribution in [3.63, 3.8) is 0 Å². The third kappa shape index (κ3) is 7.16. The predicted molar refractivity (Wildman–Crippen MR) is 158 cm³/mol. The number of carbonyl (C=O) groups excluding carboxylic acids is 1. The number of fused-ring (bicyclic) bond motifs is 1. The molecule has 42 heavy (non-hydrogen) atoms. The van der Waals surface area contributed by atoms with Gasteiger partial charge in [0.25, 0.3) is 0 Å². The molecule has 3 aromatic rings. The fourth-order valence-electron chi connectivity index (χ4n) is 5.22. The molecule has 4 N–H and O–H groups in total. The first-order chi connectivity index (χ1) is 20.4. The molecule has 1 fully saturated rings. The number of nitrogens with zero attached hydrogens (tertiary/aromatic N) is 6. The molecule has 224 valence electrons. The lowest BCUT2D eigenvalue weighted by Crippen LogP contribution is -2.47. The minimum absolute atomic E-state index is 0.0688. The molecule has 3 heterocycles. The Morgan fingerprint density at radius 3 is 2.60 bits per heavy atom. The number of halogens is 1. The van der Waals surface area contributed by atoms with Crippen LogP contribution in [0.2, 0.25) is 0 Å². The number of methoxy groups -OCH3 is 1. The monoisotopic (exact) mass is 580 g/mol. The summed E-state index contributed by atoms with van der Waals surface area (Å²) in [4.78, 5) is 25.3. The summed E-state index contributed by atoms with van der Waals surface area (Å²) in [5.41, 5.74) is 7.47. The van der Waals surface area contributed by atoms with E-state index < -0.39 is 5.91 Å². The number of hydrazine groups is 1. The Bertz CT molecular complexity index is 1420. The van der Waals surface area contributed by atoms with Gasteiger partial charge in [-0.05, 0) is 30.7 Å². The van der Waals surface area contributed by atoms with E-state index in [0.29, 0.717) is 41.7 Å². The number of primary amides is 1. The van der Waals surface area contributed by atoms with Crippen LogP contribution in [0.1, 0.15) is 6.42 Å². The van der Waals surface area contributed by atoms with Crippen LogP contribution in [0.5, 0.6) is 11.5 Å². The third-order valence-electron chi connectivity index (χ3n) is 7.32. The van der Waals surface area contributed by atoms with Crippen LogP contribution in [-0.2, 0) is 4.79 Å². The Morgan fingerprint density at radius 1 is 1.10 bits per heavy atom. The van der Waals surface area contributed by atoms with Gasteiger partial charge in [-0.15, -0.1) is 0 Å². The second-order valence-corrected chi connectivity index (χ2v) is 10.2. The first-order valence-corrected chi connectivity index (χ1v) is 14.0. The van der Waals surface area contributed by atoms with Gasteiger partial charge in [0.15, 0.2) is 11.5 Å². The van der Waals surface area contributed by atoms with Crippen molar-refractivity contribution in [2.75, 3.05) is 83.0 Å². The molecular weight excluding hydrogens is 543 g/mol. The van der Waals surface area contributed by atoms with Crippen molar-refractivity contribution in [1.82, 2.24) is 24.8 Å². The highest BCUT2D eigenvalue weighted by atomic mass is 19.1. The van der Waals surface area contributed by atoms with E-state index in [1.54, 1.807) is 35.5 Å². The summed E-state index contributed by atoms with van der Waals surface area (Å²) in [5, 5.41) is 16.6. The maximum atomic E-state index is 13.9. The van der Waals surface area contributed by atoms with E-state index >= 15 is 0 Å². The lowest BCUT2D eigenvalue weighted by atomic mass is 10.2. The first kappa shape index (κ1) is 29.3. The zero-order valence-corrected chi connectivity index (χ0v) is 23.7. The van der Waals surface area contributed by atoms with Gasteiger partial charge in [0.05, 0.1) is 43.8 Å². The summed E-state index contributed by atoms with van der Waals surface area (Å²) < 4.78 is 25.7. The second-order valence-electron chi connectivity index (χ2n) is 10.2. The molecule has 0 unspecified atom stereocenters. The Hall–Kier alpha value is -4.20.